The molecule has 2 aliphatic rings. The van der Waals surface area contributed by atoms with E-state index in [1.54, 1.807) is 22.9 Å². The highest BCUT2D eigenvalue weighted by molar-refractivity contribution is 8.00. The Bertz CT molecular complexity index is 285. The Hall–Kier alpha value is -0.720. The number of aliphatic hydroxyl groups is 2. The number of thioether (sulfide) groups is 1. The van der Waals surface area contributed by atoms with Gasteiger partial charge in [0.1, 0.15) is 0 Å². The van der Waals surface area contributed by atoms with Gasteiger partial charge in [-0.25, -0.2) is 0 Å². The van der Waals surface area contributed by atoms with E-state index >= 15 is 0 Å². The van der Waals surface area contributed by atoms with Crippen LogP contribution < -0.4 is 5.32 Å². The lowest BCUT2D eigenvalue weighted by Crippen LogP contribution is -2.51. The van der Waals surface area contributed by atoms with Crippen molar-refractivity contribution in [2.75, 3.05) is 6.61 Å². The average molecular weight is 230 g/mol. The van der Waals surface area contributed by atoms with Gasteiger partial charge < -0.3 is 20.4 Å². The first-order valence-corrected chi connectivity index (χ1v) is 5.85. The minimum atomic E-state index is -0.947. The van der Waals surface area contributed by atoms with Crippen molar-refractivity contribution >= 4 is 17.7 Å². The summed E-state index contributed by atoms with van der Waals surface area (Å²) in [4.78, 5) is 12.6. The Kier molecular flexibility index (Phi) is 3.18. The summed E-state index contributed by atoms with van der Waals surface area (Å²) in [6, 6.07) is 0. The molecule has 5 nitrogen and oxygen atoms in total. The highest BCUT2D eigenvalue weighted by Crippen LogP contribution is 2.36. The first-order valence-electron chi connectivity index (χ1n) is 4.91. The number of rotatable bonds is 2. The Balaban J connectivity index is 1.99. The summed E-state index contributed by atoms with van der Waals surface area (Å²) in [5, 5.41) is 21.4. The molecule has 15 heavy (non-hydrogen) atoms. The molecule has 6 heteroatoms. The molecule has 0 spiro atoms. The fourth-order valence-corrected chi connectivity index (χ4v) is 3.18. The van der Waals surface area contributed by atoms with Gasteiger partial charge in [0.05, 0.1) is 12.0 Å². The van der Waals surface area contributed by atoms with Gasteiger partial charge >= 0.3 is 0 Å². The van der Waals surface area contributed by atoms with E-state index in [2.05, 4.69) is 5.32 Å². The number of hydrogen-bond donors (Lipinski definition) is 3. The fraction of sp³-hybridized carbons (Fsp3) is 0.667. The lowest BCUT2D eigenvalue weighted by Gasteiger charge is -2.34. The van der Waals surface area contributed by atoms with Crippen molar-refractivity contribution in [3.63, 3.8) is 0 Å². The zero-order valence-corrected chi connectivity index (χ0v) is 8.98. The van der Waals surface area contributed by atoms with Crippen LogP contribution in [0.5, 0.6) is 0 Å². The smallest absolute Gasteiger partial charge is 0.248 e. The second kappa shape index (κ2) is 4.42. The van der Waals surface area contributed by atoms with E-state index in [0.717, 1.165) is 12.8 Å². The standard InChI is InChI=1S/C9H14N2O3S/c12-5-6-1-2-8(15-6)11-4-3-7(13)10-9(11)14/h3-4,6,8-9,12,14H,1-2,5H2,(H,10,13). The summed E-state index contributed by atoms with van der Waals surface area (Å²) >= 11 is 1.64. The molecule has 2 aliphatic heterocycles. The van der Waals surface area contributed by atoms with Crippen LogP contribution in [-0.2, 0) is 4.79 Å². The van der Waals surface area contributed by atoms with Gasteiger partial charge in [0.15, 0.2) is 0 Å². The Morgan fingerprint density at radius 3 is 3.00 bits per heavy atom. The van der Waals surface area contributed by atoms with E-state index in [9.17, 15) is 9.90 Å². The largest absolute Gasteiger partial charge is 0.395 e. The van der Waals surface area contributed by atoms with Crippen molar-refractivity contribution in [1.82, 2.24) is 10.2 Å². The minimum Gasteiger partial charge on any atom is -0.395 e. The van der Waals surface area contributed by atoms with Gasteiger partial charge in [0.25, 0.3) is 0 Å². The molecule has 1 amide bonds. The van der Waals surface area contributed by atoms with E-state index in [0.29, 0.717) is 0 Å². The van der Waals surface area contributed by atoms with Crippen LogP contribution in [0.25, 0.3) is 0 Å². The molecule has 2 rings (SSSR count). The van der Waals surface area contributed by atoms with Crippen LogP contribution in [0.1, 0.15) is 12.8 Å². The zero-order valence-electron chi connectivity index (χ0n) is 8.17. The van der Waals surface area contributed by atoms with Gasteiger partial charge in [-0.15, -0.1) is 11.8 Å². The van der Waals surface area contributed by atoms with Gasteiger partial charge in [-0.1, -0.05) is 0 Å². The van der Waals surface area contributed by atoms with Gasteiger partial charge in [-0.3, -0.25) is 4.79 Å². The molecule has 0 aliphatic carbocycles. The van der Waals surface area contributed by atoms with Crippen molar-refractivity contribution in [2.45, 2.75) is 29.8 Å². The number of hydrogen-bond acceptors (Lipinski definition) is 5. The number of carbonyl (C=O) groups excluding carboxylic acids is 1. The predicted octanol–water partition coefficient (Wildman–Crippen LogP) is -0.578. The normalized spacial score (nSPS) is 35.7. The lowest BCUT2D eigenvalue weighted by atomic mass is 10.2. The lowest BCUT2D eigenvalue weighted by molar-refractivity contribution is -0.125. The van der Waals surface area contributed by atoms with Gasteiger partial charge in [0.2, 0.25) is 12.3 Å². The molecular weight excluding hydrogens is 216 g/mol. The maximum absolute atomic E-state index is 10.9. The van der Waals surface area contributed by atoms with E-state index in [4.69, 9.17) is 5.11 Å². The third-order valence-corrected chi connectivity index (χ3v) is 4.14. The Morgan fingerprint density at radius 2 is 2.40 bits per heavy atom. The van der Waals surface area contributed by atoms with Crippen molar-refractivity contribution in [2.24, 2.45) is 0 Å². The summed E-state index contributed by atoms with van der Waals surface area (Å²) in [5.41, 5.74) is 0. The molecule has 3 atom stereocenters. The molecule has 0 aromatic carbocycles. The molecule has 0 bridgehead atoms. The molecule has 2 heterocycles. The van der Waals surface area contributed by atoms with Crippen molar-refractivity contribution in [3.05, 3.63) is 12.3 Å². The second-order valence-corrected chi connectivity index (χ2v) is 5.10. The minimum absolute atomic E-state index is 0.133. The van der Waals surface area contributed by atoms with Gasteiger partial charge in [-0.2, -0.15) is 0 Å². The van der Waals surface area contributed by atoms with Crippen LogP contribution in [-0.4, -0.2) is 44.6 Å². The molecule has 0 saturated carbocycles. The number of nitrogens with zero attached hydrogens (tertiary/aromatic N) is 1. The molecule has 0 aromatic rings. The summed E-state index contributed by atoms with van der Waals surface area (Å²) in [7, 11) is 0. The summed E-state index contributed by atoms with van der Waals surface area (Å²) in [6.07, 6.45) is 3.92. The first-order chi connectivity index (χ1) is 7.20. The van der Waals surface area contributed by atoms with Crippen LogP contribution in [0.15, 0.2) is 12.3 Å². The van der Waals surface area contributed by atoms with Crippen LogP contribution in [0.4, 0.5) is 0 Å². The summed E-state index contributed by atoms with van der Waals surface area (Å²) < 4.78 is 0. The molecule has 0 aromatic heterocycles. The molecule has 84 valence electrons. The molecule has 1 fully saturated rings. The highest BCUT2D eigenvalue weighted by atomic mass is 32.2. The Labute approximate surface area is 92.1 Å². The van der Waals surface area contributed by atoms with E-state index in [-0.39, 0.29) is 23.1 Å². The number of amides is 1. The topological polar surface area (TPSA) is 72.8 Å². The van der Waals surface area contributed by atoms with E-state index in [1.165, 1.54) is 6.08 Å². The van der Waals surface area contributed by atoms with Crippen molar-refractivity contribution in [1.29, 1.82) is 0 Å². The van der Waals surface area contributed by atoms with E-state index in [1.807, 2.05) is 0 Å². The third kappa shape index (κ3) is 2.27. The maximum atomic E-state index is 10.9. The number of nitrogens with one attached hydrogen (secondary N) is 1. The molecule has 3 unspecified atom stereocenters. The van der Waals surface area contributed by atoms with Gasteiger partial charge in [0, 0.05) is 17.5 Å². The molecule has 1 saturated heterocycles. The van der Waals surface area contributed by atoms with Crippen LogP contribution >= 0.6 is 11.8 Å². The number of aliphatic hydroxyl groups excluding tert-OH is 2. The summed E-state index contributed by atoms with van der Waals surface area (Å²) in [5.74, 6) is -0.277. The van der Waals surface area contributed by atoms with Crippen molar-refractivity contribution < 1.29 is 15.0 Å². The van der Waals surface area contributed by atoms with Gasteiger partial charge in [-0.05, 0) is 12.8 Å². The average Bonchev–Trinajstić information content (AvgIpc) is 2.66. The molecular formula is C9H14N2O3S. The molecule has 3 N–H and O–H groups in total. The fourth-order valence-electron chi connectivity index (χ4n) is 1.78. The maximum Gasteiger partial charge on any atom is 0.248 e. The number of carbonyl (C=O) groups is 1. The monoisotopic (exact) mass is 230 g/mol. The van der Waals surface area contributed by atoms with Crippen molar-refractivity contribution in [3.8, 4) is 0 Å². The first kappa shape index (κ1) is 10.8. The summed E-state index contributed by atoms with van der Waals surface area (Å²) in [6.45, 7) is 0.168. The van der Waals surface area contributed by atoms with Crippen LogP contribution in [0.2, 0.25) is 0 Å². The van der Waals surface area contributed by atoms with E-state index < -0.39 is 6.35 Å². The Morgan fingerprint density at radius 1 is 1.60 bits per heavy atom. The van der Waals surface area contributed by atoms with Crippen LogP contribution in [0.3, 0.4) is 0 Å². The SMILES string of the molecule is O=C1C=CN(C2CCC(CO)S2)C(O)N1. The zero-order chi connectivity index (χ0) is 10.8. The predicted molar refractivity (Wildman–Crippen MR) is 56.6 cm³/mol. The van der Waals surface area contributed by atoms with Crippen LogP contribution in [0, 0.1) is 0 Å². The molecule has 0 radical (unpaired) electrons. The quantitative estimate of drug-likeness (QED) is 0.592. The second-order valence-electron chi connectivity index (χ2n) is 3.62. The third-order valence-electron chi connectivity index (χ3n) is 2.57. The highest BCUT2D eigenvalue weighted by Gasteiger charge is 2.32.